The van der Waals surface area contributed by atoms with Crippen LogP contribution in [0.1, 0.15) is 18.4 Å². The molecule has 0 bridgehead atoms. The van der Waals surface area contributed by atoms with E-state index in [-0.39, 0.29) is 5.25 Å². The van der Waals surface area contributed by atoms with Crippen molar-refractivity contribution >= 4 is 15.7 Å². The lowest BCUT2D eigenvalue weighted by Crippen LogP contribution is -2.17. The van der Waals surface area contributed by atoms with Crippen LogP contribution in [-0.4, -0.2) is 13.7 Å². The van der Waals surface area contributed by atoms with Gasteiger partial charge in [0.05, 0.1) is 5.25 Å². The minimum atomic E-state index is -3.16. The van der Waals surface area contributed by atoms with Crippen LogP contribution < -0.4 is 10.5 Å². The van der Waals surface area contributed by atoms with Gasteiger partial charge in [0.2, 0.25) is 10.0 Å². The molecule has 82 valence electrons. The highest BCUT2D eigenvalue weighted by molar-refractivity contribution is 7.93. The van der Waals surface area contributed by atoms with Gasteiger partial charge in [-0.15, -0.1) is 0 Å². The molecule has 1 aliphatic rings. The van der Waals surface area contributed by atoms with Crippen LogP contribution in [-0.2, 0) is 16.6 Å². The molecule has 2 rings (SSSR count). The van der Waals surface area contributed by atoms with E-state index in [9.17, 15) is 8.42 Å². The Kier molecular flexibility index (Phi) is 2.67. The van der Waals surface area contributed by atoms with Gasteiger partial charge < -0.3 is 5.73 Å². The van der Waals surface area contributed by atoms with Crippen LogP contribution in [0.2, 0.25) is 0 Å². The van der Waals surface area contributed by atoms with Gasteiger partial charge in [0.25, 0.3) is 0 Å². The van der Waals surface area contributed by atoms with E-state index < -0.39 is 10.0 Å². The van der Waals surface area contributed by atoms with Crippen LogP contribution in [0.4, 0.5) is 5.69 Å². The molecule has 3 N–H and O–H groups in total. The average Bonchev–Trinajstić information content (AvgIpc) is 3.00. The molecule has 0 aromatic heterocycles. The quantitative estimate of drug-likeness (QED) is 0.806. The van der Waals surface area contributed by atoms with E-state index >= 15 is 0 Å². The first-order valence-corrected chi connectivity index (χ1v) is 6.47. The monoisotopic (exact) mass is 226 g/mol. The molecule has 0 heterocycles. The summed E-state index contributed by atoms with van der Waals surface area (Å²) in [7, 11) is -3.16. The SMILES string of the molecule is NCc1cccc(NS(=O)(=O)C2CC2)c1. The molecule has 0 atom stereocenters. The van der Waals surface area contributed by atoms with Gasteiger partial charge in [-0.25, -0.2) is 8.42 Å². The first-order chi connectivity index (χ1) is 7.12. The second kappa shape index (κ2) is 3.83. The molecule has 0 amide bonds. The molecule has 0 aliphatic heterocycles. The Labute approximate surface area is 89.5 Å². The highest BCUT2D eigenvalue weighted by Gasteiger charge is 2.35. The molecule has 0 radical (unpaired) electrons. The summed E-state index contributed by atoms with van der Waals surface area (Å²) in [6.45, 7) is 0.416. The fraction of sp³-hybridized carbons (Fsp3) is 0.400. The number of benzene rings is 1. The van der Waals surface area contributed by atoms with Crippen molar-refractivity contribution in [2.24, 2.45) is 5.73 Å². The zero-order chi connectivity index (χ0) is 10.9. The van der Waals surface area contributed by atoms with Crippen molar-refractivity contribution in [3.63, 3.8) is 0 Å². The number of sulfonamides is 1. The zero-order valence-corrected chi connectivity index (χ0v) is 9.13. The van der Waals surface area contributed by atoms with Crippen molar-refractivity contribution in [2.75, 3.05) is 4.72 Å². The average molecular weight is 226 g/mol. The van der Waals surface area contributed by atoms with Crippen molar-refractivity contribution < 1.29 is 8.42 Å². The Morgan fingerprint density at radius 3 is 2.73 bits per heavy atom. The van der Waals surface area contributed by atoms with E-state index in [1.807, 2.05) is 6.07 Å². The molecule has 0 saturated heterocycles. The summed E-state index contributed by atoms with van der Waals surface area (Å²) in [5.74, 6) is 0. The fourth-order valence-corrected chi connectivity index (χ4v) is 2.77. The Balaban J connectivity index is 2.16. The first kappa shape index (κ1) is 10.4. The van der Waals surface area contributed by atoms with Crippen molar-refractivity contribution in [3.05, 3.63) is 29.8 Å². The van der Waals surface area contributed by atoms with E-state index in [1.165, 1.54) is 0 Å². The van der Waals surface area contributed by atoms with Gasteiger partial charge in [0, 0.05) is 12.2 Å². The van der Waals surface area contributed by atoms with Gasteiger partial charge in [-0.1, -0.05) is 12.1 Å². The third kappa shape index (κ3) is 2.49. The number of hydrogen-bond donors (Lipinski definition) is 2. The molecule has 1 aliphatic carbocycles. The summed E-state index contributed by atoms with van der Waals surface area (Å²) in [4.78, 5) is 0. The number of hydrogen-bond acceptors (Lipinski definition) is 3. The molecule has 15 heavy (non-hydrogen) atoms. The maximum Gasteiger partial charge on any atom is 0.235 e. The van der Waals surface area contributed by atoms with E-state index in [0.29, 0.717) is 12.2 Å². The van der Waals surface area contributed by atoms with Crippen molar-refractivity contribution in [1.29, 1.82) is 0 Å². The van der Waals surface area contributed by atoms with Crippen LogP contribution in [0.5, 0.6) is 0 Å². The van der Waals surface area contributed by atoms with E-state index in [0.717, 1.165) is 18.4 Å². The van der Waals surface area contributed by atoms with Crippen LogP contribution in [0, 0.1) is 0 Å². The van der Waals surface area contributed by atoms with Gasteiger partial charge in [-0.3, -0.25) is 4.72 Å². The topological polar surface area (TPSA) is 72.2 Å². The van der Waals surface area contributed by atoms with Crippen LogP contribution in [0.25, 0.3) is 0 Å². The Hall–Kier alpha value is -1.07. The lowest BCUT2D eigenvalue weighted by Gasteiger charge is -2.07. The van der Waals surface area contributed by atoms with Crippen molar-refractivity contribution in [2.45, 2.75) is 24.6 Å². The maximum atomic E-state index is 11.6. The highest BCUT2D eigenvalue weighted by Crippen LogP contribution is 2.29. The zero-order valence-electron chi connectivity index (χ0n) is 8.31. The van der Waals surface area contributed by atoms with Crippen molar-refractivity contribution in [3.8, 4) is 0 Å². The van der Waals surface area contributed by atoms with Crippen molar-refractivity contribution in [1.82, 2.24) is 0 Å². The van der Waals surface area contributed by atoms with Gasteiger partial charge in [0.1, 0.15) is 0 Å². The third-order valence-electron chi connectivity index (χ3n) is 2.39. The first-order valence-electron chi connectivity index (χ1n) is 4.92. The van der Waals surface area contributed by atoms with Gasteiger partial charge >= 0.3 is 0 Å². The lowest BCUT2D eigenvalue weighted by molar-refractivity contribution is 0.600. The van der Waals surface area contributed by atoms with Gasteiger partial charge in [-0.05, 0) is 30.5 Å². The van der Waals surface area contributed by atoms with E-state index in [2.05, 4.69) is 4.72 Å². The smallest absolute Gasteiger partial charge is 0.235 e. The summed E-state index contributed by atoms with van der Waals surface area (Å²) >= 11 is 0. The summed E-state index contributed by atoms with van der Waals surface area (Å²) in [5.41, 5.74) is 7.00. The predicted molar refractivity (Wildman–Crippen MR) is 59.9 cm³/mol. The second-order valence-electron chi connectivity index (χ2n) is 3.75. The highest BCUT2D eigenvalue weighted by atomic mass is 32.2. The minimum Gasteiger partial charge on any atom is -0.326 e. The molecule has 0 spiro atoms. The standard InChI is InChI=1S/C10H14N2O2S/c11-7-8-2-1-3-9(6-8)12-15(13,14)10-4-5-10/h1-3,6,10,12H,4-5,7,11H2. The fourth-order valence-electron chi connectivity index (χ4n) is 1.39. The Morgan fingerprint density at radius 1 is 1.40 bits per heavy atom. The minimum absolute atomic E-state index is 0.195. The molecular weight excluding hydrogens is 212 g/mol. The number of nitrogens with two attached hydrogens (primary N) is 1. The number of nitrogens with one attached hydrogen (secondary N) is 1. The lowest BCUT2D eigenvalue weighted by atomic mass is 10.2. The summed E-state index contributed by atoms with van der Waals surface area (Å²) in [6.07, 6.45) is 1.54. The molecule has 4 nitrogen and oxygen atoms in total. The molecular formula is C10H14N2O2S. The molecule has 5 heteroatoms. The Morgan fingerprint density at radius 2 is 2.13 bits per heavy atom. The van der Waals surface area contributed by atoms with Gasteiger partial charge in [-0.2, -0.15) is 0 Å². The third-order valence-corrected chi connectivity index (χ3v) is 4.26. The van der Waals surface area contributed by atoms with E-state index in [4.69, 9.17) is 5.73 Å². The molecule has 1 fully saturated rings. The molecule has 1 aromatic rings. The van der Waals surface area contributed by atoms with E-state index in [1.54, 1.807) is 18.2 Å². The summed E-state index contributed by atoms with van der Waals surface area (Å²) in [5, 5.41) is -0.195. The predicted octanol–water partition coefficient (Wildman–Crippen LogP) is 1.05. The molecule has 1 aromatic carbocycles. The Bertz CT molecular complexity index is 452. The molecule has 1 saturated carbocycles. The number of anilines is 1. The largest absolute Gasteiger partial charge is 0.326 e. The van der Waals surface area contributed by atoms with Gasteiger partial charge in [0.15, 0.2) is 0 Å². The van der Waals surface area contributed by atoms with Crippen LogP contribution in [0.15, 0.2) is 24.3 Å². The maximum absolute atomic E-state index is 11.6. The second-order valence-corrected chi connectivity index (χ2v) is 5.71. The van der Waals surface area contributed by atoms with Crippen LogP contribution >= 0.6 is 0 Å². The summed E-state index contributed by atoms with van der Waals surface area (Å²) in [6, 6.07) is 7.17. The molecule has 0 unspecified atom stereocenters. The number of rotatable bonds is 4. The van der Waals surface area contributed by atoms with Crippen LogP contribution in [0.3, 0.4) is 0 Å². The summed E-state index contributed by atoms with van der Waals surface area (Å²) < 4.78 is 25.8. The normalized spacial score (nSPS) is 16.3.